The molecule has 0 radical (unpaired) electrons. The van der Waals surface area contributed by atoms with Crippen molar-refractivity contribution in [2.45, 2.75) is 19.9 Å². The Bertz CT molecular complexity index is 1210. The predicted octanol–water partition coefficient (Wildman–Crippen LogP) is 5.07. The molecule has 0 spiro atoms. The quantitative estimate of drug-likeness (QED) is 0.335. The van der Waals surface area contributed by atoms with E-state index in [4.69, 9.17) is 16.3 Å². The molecule has 1 aliphatic heterocycles. The Hall–Kier alpha value is -3.64. The van der Waals surface area contributed by atoms with Crippen molar-refractivity contribution >= 4 is 34.7 Å². The smallest absolute Gasteiger partial charge is 0.300 e. The lowest BCUT2D eigenvalue weighted by Crippen LogP contribution is -2.29. The van der Waals surface area contributed by atoms with E-state index in [-0.39, 0.29) is 11.3 Å². The number of amides is 1. The van der Waals surface area contributed by atoms with E-state index in [1.165, 1.54) is 4.90 Å². The number of aliphatic hydroxyl groups is 1. The molecule has 4 rings (SSSR count). The van der Waals surface area contributed by atoms with Crippen LogP contribution in [0.3, 0.4) is 0 Å². The normalized spacial score (nSPS) is 17.6. The molecule has 0 aliphatic carbocycles. The van der Waals surface area contributed by atoms with E-state index in [0.717, 1.165) is 5.56 Å². The maximum Gasteiger partial charge on any atom is 0.300 e. The van der Waals surface area contributed by atoms with Crippen LogP contribution < -0.4 is 9.64 Å². The van der Waals surface area contributed by atoms with Crippen molar-refractivity contribution in [1.82, 2.24) is 4.98 Å². The molecule has 3 aromatic rings. The number of ketones is 1. The number of carbonyl (C=O) groups excluding carboxylic acids is 2. The van der Waals surface area contributed by atoms with E-state index in [1.54, 1.807) is 67.0 Å². The molecule has 1 saturated heterocycles. The van der Waals surface area contributed by atoms with Gasteiger partial charge < -0.3 is 9.84 Å². The highest BCUT2D eigenvalue weighted by molar-refractivity contribution is 6.51. The molecule has 1 aromatic heterocycles. The summed E-state index contributed by atoms with van der Waals surface area (Å²) in [5.74, 6) is -1.03. The Morgan fingerprint density at radius 3 is 2.41 bits per heavy atom. The molecule has 1 unspecified atom stereocenters. The lowest BCUT2D eigenvalue weighted by Gasteiger charge is -2.25. The number of anilines is 1. The standard InChI is InChI=1S/C25H21ClN2O4/c1-3-32-20-9-4-17(14-15(20)2)23(29)21-22(16-10-12-27-13-11-16)28(25(31)24(21)30)19-7-5-18(26)6-8-19/h4-14,22,29H,3H2,1-2H3/b23-21-. The summed E-state index contributed by atoms with van der Waals surface area (Å²) in [5.41, 5.74) is 2.40. The number of halogens is 1. The second kappa shape index (κ2) is 8.85. The van der Waals surface area contributed by atoms with Crippen molar-refractivity contribution < 1.29 is 19.4 Å². The summed E-state index contributed by atoms with van der Waals surface area (Å²) in [4.78, 5) is 31.6. The van der Waals surface area contributed by atoms with Gasteiger partial charge in [-0.1, -0.05) is 11.6 Å². The molecule has 1 amide bonds. The van der Waals surface area contributed by atoms with Gasteiger partial charge in [-0.3, -0.25) is 19.5 Å². The number of hydrogen-bond acceptors (Lipinski definition) is 5. The Kier molecular flexibility index (Phi) is 5.97. The van der Waals surface area contributed by atoms with Gasteiger partial charge in [0.15, 0.2) is 0 Å². The lowest BCUT2D eigenvalue weighted by molar-refractivity contribution is -0.132. The molecule has 1 aliphatic rings. The summed E-state index contributed by atoms with van der Waals surface area (Å²) in [6.07, 6.45) is 3.16. The SMILES string of the molecule is CCOc1ccc(/C(O)=C2/C(=O)C(=O)N(c3ccc(Cl)cc3)C2c2ccncc2)cc1C. The summed E-state index contributed by atoms with van der Waals surface area (Å²) in [5, 5.41) is 11.7. The number of hydrogen-bond donors (Lipinski definition) is 1. The van der Waals surface area contributed by atoms with Crippen LogP contribution in [0, 0.1) is 6.92 Å². The van der Waals surface area contributed by atoms with Crippen LogP contribution in [0.1, 0.15) is 29.7 Å². The fraction of sp³-hybridized carbons (Fsp3) is 0.160. The van der Waals surface area contributed by atoms with Gasteiger partial charge in [0.1, 0.15) is 11.5 Å². The van der Waals surface area contributed by atoms with Crippen molar-refractivity contribution in [2.24, 2.45) is 0 Å². The van der Waals surface area contributed by atoms with E-state index in [0.29, 0.717) is 34.2 Å². The van der Waals surface area contributed by atoms with Crippen LogP contribution in [-0.4, -0.2) is 28.4 Å². The fourth-order valence-corrected chi connectivity index (χ4v) is 3.96. The number of aromatic nitrogens is 1. The van der Waals surface area contributed by atoms with E-state index >= 15 is 0 Å². The van der Waals surface area contributed by atoms with Crippen molar-refractivity contribution in [3.05, 3.63) is 94.3 Å². The summed E-state index contributed by atoms with van der Waals surface area (Å²) in [7, 11) is 0. The Morgan fingerprint density at radius 2 is 1.78 bits per heavy atom. The molecule has 1 atom stereocenters. The number of nitrogens with zero attached hydrogens (tertiary/aromatic N) is 2. The van der Waals surface area contributed by atoms with Gasteiger partial charge in [-0.2, -0.15) is 0 Å². The lowest BCUT2D eigenvalue weighted by atomic mass is 9.95. The molecule has 7 heteroatoms. The molecule has 32 heavy (non-hydrogen) atoms. The third-order valence-corrected chi connectivity index (χ3v) is 5.57. The first-order chi connectivity index (χ1) is 15.4. The number of carbonyl (C=O) groups is 2. The monoisotopic (exact) mass is 448 g/mol. The van der Waals surface area contributed by atoms with Crippen LogP contribution in [0.5, 0.6) is 5.75 Å². The molecule has 2 heterocycles. The second-order valence-corrected chi connectivity index (χ2v) is 7.78. The third kappa shape index (κ3) is 3.85. The van der Waals surface area contributed by atoms with Gasteiger partial charge in [0, 0.05) is 28.7 Å². The van der Waals surface area contributed by atoms with Gasteiger partial charge in [0.2, 0.25) is 0 Å². The first-order valence-electron chi connectivity index (χ1n) is 10.1. The van der Waals surface area contributed by atoms with E-state index in [2.05, 4.69) is 4.98 Å². The summed E-state index contributed by atoms with van der Waals surface area (Å²) in [6, 6.07) is 14.4. The minimum atomic E-state index is -0.814. The van der Waals surface area contributed by atoms with Gasteiger partial charge in [-0.15, -0.1) is 0 Å². The van der Waals surface area contributed by atoms with Gasteiger partial charge in [-0.05, 0) is 79.6 Å². The minimum absolute atomic E-state index is 0.0136. The topological polar surface area (TPSA) is 79.7 Å². The third-order valence-electron chi connectivity index (χ3n) is 5.32. The van der Waals surface area contributed by atoms with E-state index < -0.39 is 17.7 Å². The van der Waals surface area contributed by atoms with Crippen molar-refractivity contribution in [2.75, 3.05) is 11.5 Å². The Labute approximate surface area is 190 Å². The van der Waals surface area contributed by atoms with Gasteiger partial charge in [-0.25, -0.2) is 0 Å². The highest BCUT2D eigenvalue weighted by Crippen LogP contribution is 2.42. The number of benzene rings is 2. The number of aryl methyl sites for hydroxylation is 1. The number of ether oxygens (including phenoxy) is 1. The van der Waals surface area contributed by atoms with Gasteiger partial charge in [0.25, 0.3) is 11.7 Å². The molecule has 1 fully saturated rings. The van der Waals surface area contributed by atoms with Crippen molar-refractivity contribution in [3.63, 3.8) is 0 Å². The van der Waals surface area contributed by atoms with Crippen LogP contribution in [0.25, 0.3) is 5.76 Å². The summed E-state index contributed by atoms with van der Waals surface area (Å²) < 4.78 is 5.57. The molecule has 1 N–H and O–H groups in total. The summed E-state index contributed by atoms with van der Waals surface area (Å²) >= 11 is 6.01. The van der Waals surface area contributed by atoms with Crippen LogP contribution >= 0.6 is 11.6 Å². The van der Waals surface area contributed by atoms with Crippen LogP contribution in [0.15, 0.2) is 72.6 Å². The molecule has 6 nitrogen and oxygen atoms in total. The summed E-state index contributed by atoms with van der Waals surface area (Å²) in [6.45, 7) is 4.26. The average Bonchev–Trinajstić information content (AvgIpc) is 3.06. The van der Waals surface area contributed by atoms with Gasteiger partial charge in [0.05, 0.1) is 18.2 Å². The average molecular weight is 449 g/mol. The Morgan fingerprint density at radius 1 is 1.09 bits per heavy atom. The maximum absolute atomic E-state index is 13.1. The fourth-order valence-electron chi connectivity index (χ4n) is 3.83. The van der Waals surface area contributed by atoms with Crippen molar-refractivity contribution in [3.8, 4) is 5.75 Å². The first kappa shape index (κ1) is 21.6. The molecular weight excluding hydrogens is 428 g/mol. The highest BCUT2D eigenvalue weighted by atomic mass is 35.5. The molecule has 162 valence electrons. The Balaban J connectivity index is 1.89. The predicted molar refractivity (Wildman–Crippen MR) is 123 cm³/mol. The number of rotatable bonds is 5. The zero-order valence-electron chi connectivity index (χ0n) is 17.6. The molecule has 0 saturated carbocycles. The van der Waals surface area contributed by atoms with Crippen molar-refractivity contribution in [1.29, 1.82) is 0 Å². The number of aliphatic hydroxyl groups excluding tert-OH is 1. The highest BCUT2D eigenvalue weighted by Gasteiger charge is 2.46. The minimum Gasteiger partial charge on any atom is -0.507 e. The second-order valence-electron chi connectivity index (χ2n) is 7.34. The number of pyridine rings is 1. The molecule has 0 bridgehead atoms. The molecule has 2 aromatic carbocycles. The van der Waals surface area contributed by atoms with Crippen LogP contribution in [-0.2, 0) is 9.59 Å². The zero-order valence-corrected chi connectivity index (χ0v) is 18.3. The number of Topliss-reactive ketones (excluding diaryl/α,β-unsaturated/α-hetero) is 1. The molecular formula is C25H21ClN2O4. The largest absolute Gasteiger partial charge is 0.507 e. The zero-order chi connectivity index (χ0) is 22.8. The first-order valence-corrected chi connectivity index (χ1v) is 10.5. The maximum atomic E-state index is 13.1. The van der Waals surface area contributed by atoms with Crippen LogP contribution in [0.4, 0.5) is 5.69 Å². The van der Waals surface area contributed by atoms with Crippen LogP contribution in [0.2, 0.25) is 5.02 Å². The van der Waals surface area contributed by atoms with E-state index in [9.17, 15) is 14.7 Å². The van der Waals surface area contributed by atoms with E-state index in [1.807, 2.05) is 13.8 Å². The van der Waals surface area contributed by atoms with Gasteiger partial charge >= 0.3 is 0 Å².